The molecule has 0 aliphatic carbocycles. The van der Waals surface area contributed by atoms with E-state index in [1.165, 1.54) is 0 Å². The van der Waals surface area contributed by atoms with E-state index in [1.54, 1.807) is 18.4 Å². The van der Waals surface area contributed by atoms with Crippen LogP contribution in [-0.4, -0.2) is 17.8 Å². The van der Waals surface area contributed by atoms with E-state index in [-0.39, 0.29) is 0 Å². The first-order valence-electron chi connectivity index (χ1n) is 5.87. The van der Waals surface area contributed by atoms with Gasteiger partial charge in [0.1, 0.15) is 12.8 Å². The maximum atomic E-state index is 4.96. The lowest BCUT2D eigenvalue weighted by atomic mass is 10.1. The lowest BCUT2D eigenvalue weighted by Gasteiger charge is -2.05. The summed E-state index contributed by atoms with van der Waals surface area (Å²) < 4.78 is 0. The van der Waals surface area contributed by atoms with Crippen molar-refractivity contribution in [2.45, 2.75) is 0 Å². The van der Waals surface area contributed by atoms with Crippen LogP contribution in [0.5, 0.6) is 0 Å². The summed E-state index contributed by atoms with van der Waals surface area (Å²) in [6, 6.07) is 12.1. The van der Waals surface area contributed by atoms with Crippen molar-refractivity contribution < 1.29 is 4.84 Å². The highest BCUT2D eigenvalue weighted by molar-refractivity contribution is 7.08. The maximum Gasteiger partial charge on any atom is 0.119 e. The number of thiophene rings is 1. The van der Waals surface area contributed by atoms with Crippen LogP contribution in [0.2, 0.25) is 0 Å². The number of fused-ring (bicyclic) bond motifs is 1. The molecule has 0 amide bonds. The van der Waals surface area contributed by atoms with Crippen LogP contribution < -0.4 is 0 Å². The molecule has 3 aromatic rings. The minimum Gasteiger partial charge on any atom is -0.399 e. The van der Waals surface area contributed by atoms with Crippen molar-refractivity contribution in [3.63, 3.8) is 0 Å². The monoisotopic (exact) mass is 268 g/mol. The van der Waals surface area contributed by atoms with Gasteiger partial charge >= 0.3 is 0 Å². The van der Waals surface area contributed by atoms with Crippen LogP contribution in [0.3, 0.4) is 0 Å². The van der Waals surface area contributed by atoms with E-state index in [0.29, 0.717) is 0 Å². The van der Waals surface area contributed by atoms with Gasteiger partial charge in [0.15, 0.2) is 0 Å². The molecule has 0 aliphatic heterocycles. The highest BCUT2D eigenvalue weighted by atomic mass is 32.1. The van der Waals surface area contributed by atoms with Crippen molar-refractivity contribution in [3.05, 3.63) is 64.5 Å². The van der Waals surface area contributed by atoms with Crippen molar-refractivity contribution >= 4 is 28.0 Å². The Labute approximate surface area is 115 Å². The number of oxime groups is 1. The van der Waals surface area contributed by atoms with Crippen molar-refractivity contribution in [2.75, 3.05) is 7.11 Å². The molecule has 3 rings (SSSR count). The predicted octanol–water partition coefficient (Wildman–Crippen LogP) is 3.70. The summed E-state index contributed by atoms with van der Waals surface area (Å²) in [4.78, 5) is 9.42. The summed E-state index contributed by atoms with van der Waals surface area (Å²) in [6.07, 6.45) is 1.83. The molecule has 19 heavy (non-hydrogen) atoms. The summed E-state index contributed by atoms with van der Waals surface area (Å²) in [6.45, 7) is 0. The Hall–Kier alpha value is -2.20. The molecule has 0 fully saturated rings. The molecule has 3 nitrogen and oxygen atoms in total. The van der Waals surface area contributed by atoms with E-state index in [4.69, 9.17) is 4.84 Å². The Bertz CT molecular complexity index is 720. The van der Waals surface area contributed by atoms with E-state index in [0.717, 1.165) is 27.7 Å². The van der Waals surface area contributed by atoms with Gasteiger partial charge in [0.25, 0.3) is 0 Å². The second-order valence-corrected chi connectivity index (χ2v) is 4.83. The maximum absolute atomic E-state index is 4.96. The third-order valence-electron chi connectivity index (χ3n) is 2.84. The molecule has 0 N–H and O–H groups in total. The van der Waals surface area contributed by atoms with E-state index in [2.05, 4.69) is 16.2 Å². The highest BCUT2D eigenvalue weighted by Gasteiger charge is 2.09. The van der Waals surface area contributed by atoms with Gasteiger partial charge in [-0.1, -0.05) is 23.4 Å². The topological polar surface area (TPSA) is 34.5 Å². The van der Waals surface area contributed by atoms with Gasteiger partial charge in [-0.3, -0.25) is 4.98 Å². The lowest BCUT2D eigenvalue weighted by molar-refractivity contribution is 0.214. The van der Waals surface area contributed by atoms with Crippen LogP contribution in [0, 0.1) is 0 Å². The van der Waals surface area contributed by atoms with Gasteiger partial charge in [-0.15, -0.1) is 0 Å². The zero-order chi connectivity index (χ0) is 13.1. The van der Waals surface area contributed by atoms with Crippen molar-refractivity contribution in [1.82, 2.24) is 4.98 Å². The van der Waals surface area contributed by atoms with Crippen LogP contribution >= 0.6 is 11.3 Å². The Morgan fingerprint density at radius 1 is 1.21 bits per heavy atom. The highest BCUT2D eigenvalue weighted by Crippen LogP contribution is 2.18. The fourth-order valence-corrected chi connectivity index (χ4v) is 2.60. The average Bonchev–Trinajstić information content (AvgIpc) is 2.98. The molecule has 0 bridgehead atoms. The third kappa shape index (κ3) is 2.35. The fraction of sp³-hybridized carbons (Fsp3) is 0.0667. The van der Waals surface area contributed by atoms with Gasteiger partial charge in [-0.05, 0) is 23.6 Å². The molecule has 0 saturated heterocycles. The van der Waals surface area contributed by atoms with Gasteiger partial charge in [0, 0.05) is 28.1 Å². The Morgan fingerprint density at radius 3 is 2.89 bits per heavy atom. The Kier molecular flexibility index (Phi) is 3.25. The molecule has 0 unspecified atom stereocenters. The molecule has 2 heterocycles. The summed E-state index contributed by atoms with van der Waals surface area (Å²) >= 11 is 1.64. The number of hydrogen-bond acceptors (Lipinski definition) is 4. The number of benzene rings is 1. The van der Waals surface area contributed by atoms with Crippen LogP contribution in [-0.2, 0) is 4.84 Å². The zero-order valence-corrected chi connectivity index (χ0v) is 11.2. The molecule has 0 radical (unpaired) electrons. The molecule has 2 aromatic heterocycles. The molecule has 0 atom stereocenters. The zero-order valence-electron chi connectivity index (χ0n) is 10.4. The van der Waals surface area contributed by atoms with Gasteiger partial charge in [0.05, 0.1) is 5.52 Å². The smallest absolute Gasteiger partial charge is 0.119 e. The fourth-order valence-electron chi connectivity index (χ4n) is 1.96. The summed E-state index contributed by atoms with van der Waals surface area (Å²) in [7, 11) is 1.56. The molecule has 0 aliphatic rings. The normalized spacial score (nSPS) is 11.7. The van der Waals surface area contributed by atoms with Crippen molar-refractivity contribution in [3.8, 4) is 0 Å². The number of hydrogen-bond donors (Lipinski definition) is 0. The van der Waals surface area contributed by atoms with E-state index in [9.17, 15) is 0 Å². The molecular weight excluding hydrogens is 256 g/mol. The number of aromatic nitrogens is 1. The number of rotatable bonds is 3. The largest absolute Gasteiger partial charge is 0.399 e. The summed E-state index contributed by atoms with van der Waals surface area (Å²) in [5.74, 6) is 0. The molecule has 4 heteroatoms. The van der Waals surface area contributed by atoms with Gasteiger partial charge in [0.2, 0.25) is 0 Å². The number of nitrogens with zero attached hydrogens (tertiary/aromatic N) is 2. The minimum atomic E-state index is 0.807. The molecule has 1 aromatic carbocycles. The molecule has 94 valence electrons. The van der Waals surface area contributed by atoms with Crippen molar-refractivity contribution in [1.29, 1.82) is 0 Å². The second-order valence-electron chi connectivity index (χ2n) is 4.05. The molecule has 0 spiro atoms. The van der Waals surface area contributed by atoms with Crippen LogP contribution in [0.25, 0.3) is 10.9 Å². The first-order chi connectivity index (χ1) is 9.38. The van der Waals surface area contributed by atoms with Crippen molar-refractivity contribution in [2.24, 2.45) is 5.16 Å². The van der Waals surface area contributed by atoms with E-state index in [1.807, 2.05) is 47.3 Å². The van der Waals surface area contributed by atoms with Crippen LogP contribution in [0.4, 0.5) is 0 Å². The molecular formula is C15H12N2OS. The van der Waals surface area contributed by atoms with Crippen LogP contribution in [0.15, 0.2) is 58.5 Å². The number of para-hydroxylation sites is 1. The number of pyridine rings is 1. The SMILES string of the molecule is CON=C(c1ccsc1)c1cnc2ccccc2c1. The van der Waals surface area contributed by atoms with Crippen LogP contribution in [0.1, 0.15) is 11.1 Å². The second kappa shape index (κ2) is 5.20. The molecule has 0 saturated carbocycles. The Balaban J connectivity index is 2.13. The predicted molar refractivity (Wildman–Crippen MR) is 78.7 cm³/mol. The van der Waals surface area contributed by atoms with E-state index >= 15 is 0 Å². The minimum absolute atomic E-state index is 0.807. The lowest BCUT2D eigenvalue weighted by Crippen LogP contribution is -2.03. The van der Waals surface area contributed by atoms with Gasteiger partial charge in [-0.25, -0.2) is 0 Å². The first-order valence-corrected chi connectivity index (χ1v) is 6.81. The quantitative estimate of drug-likeness (QED) is 0.536. The average molecular weight is 268 g/mol. The van der Waals surface area contributed by atoms with Gasteiger partial charge in [-0.2, -0.15) is 11.3 Å². The van der Waals surface area contributed by atoms with Gasteiger partial charge < -0.3 is 4.84 Å². The first kappa shape index (κ1) is 11.9. The third-order valence-corrected chi connectivity index (χ3v) is 3.52. The standard InChI is InChI=1S/C15H12N2OS/c1-18-17-15(12-6-7-19-10-12)13-8-11-4-2-3-5-14(11)16-9-13/h2-10H,1H3. The van der Waals surface area contributed by atoms with E-state index < -0.39 is 0 Å². The summed E-state index contributed by atoms with van der Waals surface area (Å²) in [5.41, 5.74) is 3.79. The Morgan fingerprint density at radius 2 is 2.11 bits per heavy atom. The summed E-state index contributed by atoms with van der Waals surface area (Å²) in [5, 5.41) is 9.29.